The first-order valence-electron chi connectivity index (χ1n) is 9.84. The van der Waals surface area contributed by atoms with Crippen molar-refractivity contribution in [1.82, 2.24) is 30.7 Å². The summed E-state index contributed by atoms with van der Waals surface area (Å²) in [6, 6.07) is 17.5. The van der Waals surface area contributed by atoms with Crippen molar-refractivity contribution in [3.05, 3.63) is 71.5 Å². The number of hydrogen-bond acceptors (Lipinski definition) is 10. The standard InChI is InChI=1S/C21H21N9O2S/c1-29(2)15-10-8-14(9-11-15)12-23-25-21(31)18-17(13-33-16-6-4-3-5-7-16)30(28-24-18)20-19(22)26-32-27-20/h3-12H,13H2,1-2H3,(H2,22,26)(H,25,31)/b23-12-. The Morgan fingerprint density at radius 2 is 1.94 bits per heavy atom. The van der Waals surface area contributed by atoms with Gasteiger partial charge < -0.3 is 10.6 Å². The lowest BCUT2D eigenvalue weighted by Crippen LogP contribution is -2.20. The van der Waals surface area contributed by atoms with Gasteiger partial charge in [-0.15, -0.1) is 16.9 Å². The zero-order chi connectivity index (χ0) is 23.2. The normalized spacial score (nSPS) is 11.1. The molecule has 2 heterocycles. The highest BCUT2D eigenvalue weighted by molar-refractivity contribution is 7.98. The van der Waals surface area contributed by atoms with Crippen molar-refractivity contribution >= 4 is 35.4 Å². The Balaban J connectivity index is 1.53. The molecule has 0 saturated heterocycles. The number of nitrogens with one attached hydrogen (secondary N) is 1. The molecule has 12 heteroatoms. The molecule has 3 N–H and O–H groups in total. The molecule has 0 aliphatic rings. The van der Waals surface area contributed by atoms with Crippen molar-refractivity contribution in [2.24, 2.45) is 5.10 Å². The summed E-state index contributed by atoms with van der Waals surface area (Å²) in [5.74, 6) is 0.0645. The molecule has 2 aromatic carbocycles. The zero-order valence-electron chi connectivity index (χ0n) is 17.9. The number of hydrogen-bond donors (Lipinski definition) is 2. The number of aromatic nitrogens is 5. The minimum Gasteiger partial charge on any atom is -0.378 e. The second-order valence-corrected chi connectivity index (χ2v) is 8.11. The molecular weight excluding hydrogens is 442 g/mol. The monoisotopic (exact) mass is 463 g/mol. The van der Waals surface area contributed by atoms with Crippen LogP contribution in [0.5, 0.6) is 0 Å². The van der Waals surface area contributed by atoms with Gasteiger partial charge in [0.25, 0.3) is 5.91 Å². The highest BCUT2D eigenvalue weighted by Crippen LogP contribution is 2.25. The minimum atomic E-state index is -0.513. The summed E-state index contributed by atoms with van der Waals surface area (Å²) in [6.45, 7) is 0. The number of nitrogens with zero attached hydrogens (tertiary/aromatic N) is 7. The van der Waals surface area contributed by atoms with Crippen LogP contribution in [0.4, 0.5) is 11.5 Å². The van der Waals surface area contributed by atoms with Gasteiger partial charge in [0.05, 0.1) is 11.9 Å². The van der Waals surface area contributed by atoms with Crippen LogP contribution in [-0.2, 0) is 5.75 Å². The lowest BCUT2D eigenvalue weighted by molar-refractivity contribution is 0.0949. The molecule has 0 spiro atoms. The largest absolute Gasteiger partial charge is 0.378 e. The van der Waals surface area contributed by atoms with E-state index >= 15 is 0 Å². The number of rotatable bonds is 8. The highest BCUT2D eigenvalue weighted by Gasteiger charge is 2.24. The van der Waals surface area contributed by atoms with Crippen LogP contribution in [0.1, 0.15) is 21.7 Å². The first kappa shape index (κ1) is 22.0. The van der Waals surface area contributed by atoms with Crippen LogP contribution in [0, 0.1) is 0 Å². The first-order chi connectivity index (χ1) is 16.0. The summed E-state index contributed by atoms with van der Waals surface area (Å²) in [5.41, 5.74) is 10.8. The quantitative estimate of drug-likeness (QED) is 0.229. The zero-order valence-corrected chi connectivity index (χ0v) is 18.7. The molecule has 0 atom stereocenters. The Hall–Kier alpha value is -4.19. The molecule has 0 unspecified atom stereocenters. The summed E-state index contributed by atoms with van der Waals surface area (Å²) >= 11 is 1.51. The summed E-state index contributed by atoms with van der Waals surface area (Å²) in [7, 11) is 3.93. The first-order valence-corrected chi connectivity index (χ1v) is 10.8. The van der Waals surface area contributed by atoms with Gasteiger partial charge in [0.1, 0.15) is 0 Å². The Bertz CT molecular complexity index is 1250. The van der Waals surface area contributed by atoms with Gasteiger partial charge in [-0.2, -0.15) is 9.78 Å². The van der Waals surface area contributed by atoms with E-state index in [9.17, 15) is 4.79 Å². The van der Waals surface area contributed by atoms with Crippen molar-refractivity contribution < 1.29 is 9.42 Å². The maximum absolute atomic E-state index is 12.8. The molecule has 1 amide bonds. The number of anilines is 2. The Kier molecular flexibility index (Phi) is 6.64. The molecule has 4 rings (SSSR count). The number of amides is 1. The van der Waals surface area contributed by atoms with Gasteiger partial charge in [0.15, 0.2) is 5.69 Å². The van der Waals surface area contributed by atoms with Crippen molar-refractivity contribution in [3.8, 4) is 5.82 Å². The predicted molar refractivity (Wildman–Crippen MR) is 125 cm³/mol. The van der Waals surface area contributed by atoms with Crippen molar-refractivity contribution in [2.75, 3.05) is 24.7 Å². The average molecular weight is 464 g/mol. The van der Waals surface area contributed by atoms with Crippen LogP contribution in [-0.4, -0.2) is 51.5 Å². The Morgan fingerprint density at radius 1 is 1.18 bits per heavy atom. The number of hydrazone groups is 1. The number of carbonyl (C=O) groups excluding carboxylic acids is 1. The van der Waals surface area contributed by atoms with Gasteiger partial charge >= 0.3 is 0 Å². The van der Waals surface area contributed by atoms with Gasteiger partial charge in [-0.3, -0.25) is 4.79 Å². The highest BCUT2D eigenvalue weighted by atomic mass is 32.2. The molecular formula is C21H21N9O2S. The van der Waals surface area contributed by atoms with Gasteiger partial charge in [-0.25, -0.2) is 10.1 Å². The van der Waals surface area contributed by atoms with Crippen molar-refractivity contribution in [3.63, 3.8) is 0 Å². The third-order valence-corrected chi connectivity index (χ3v) is 5.61. The smallest absolute Gasteiger partial charge is 0.293 e. The summed E-state index contributed by atoms with van der Waals surface area (Å²) < 4.78 is 6.02. The van der Waals surface area contributed by atoms with E-state index in [0.717, 1.165) is 16.1 Å². The second kappa shape index (κ2) is 9.96. The van der Waals surface area contributed by atoms with Crippen LogP contribution in [0.2, 0.25) is 0 Å². The van der Waals surface area contributed by atoms with Crippen LogP contribution < -0.4 is 16.1 Å². The van der Waals surface area contributed by atoms with Crippen LogP contribution in [0.25, 0.3) is 5.82 Å². The summed E-state index contributed by atoms with van der Waals surface area (Å²) in [6.07, 6.45) is 1.56. The SMILES string of the molecule is CN(C)c1ccc(/C=N\NC(=O)c2nnn(-c3nonc3N)c2CSc2ccccc2)cc1. The lowest BCUT2D eigenvalue weighted by Gasteiger charge is -2.11. The maximum atomic E-state index is 12.8. The maximum Gasteiger partial charge on any atom is 0.293 e. The number of thioether (sulfide) groups is 1. The fourth-order valence-corrected chi connectivity index (χ4v) is 3.77. The molecule has 33 heavy (non-hydrogen) atoms. The van der Waals surface area contributed by atoms with Gasteiger partial charge in [0.2, 0.25) is 11.6 Å². The number of nitrogen functional groups attached to an aromatic ring is 1. The van der Waals surface area contributed by atoms with Gasteiger partial charge in [0, 0.05) is 30.4 Å². The molecule has 0 radical (unpaired) electrons. The molecule has 4 aromatic rings. The Labute approximate surface area is 193 Å². The van der Waals surface area contributed by atoms with Gasteiger partial charge in [-0.05, 0) is 40.1 Å². The van der Waals surface area contributed by atoms with Crippen LogP contribution in [0.15, 0.2) is 69.2 Å². The molecule has 0 saturated carbocycles. The van der Waals surface area contributed by atoms with E-state index in [-0.39, 0.29) is 17.3 Å². The van der Waals surface area contributed by atoms with Crippen LogP contribution >= 0.6 is 11.8 Å². The number of benzene rings is 2. The van der Waals surface area contributed by atoms with E-state index in [1.165, 1.54) is 16.4 Å². The molecule has 0 aliphatic heterocycles. The molecule has 168 valence electrons. The average Bonchev–Trinajstić information content (AvgIpc) is 3.44. The third-order valence-electron chi connectivity index (χ3n) is 4.58. The predicted octanol–water partition coefficient (Wildman–Crippen LogP) is 2.35. The van der Waals surface area contributed by atoms with Crippen molar-refractivity contribution in [1.29, 1.82) is 0 Å². The van der Waals surface area contributed by atoms with E-state index in [4.69, 9.17) is 5.73 Å². The number of carbonyl (C=O) groups is 1. The molecule has 2 aromatic heterocycles. The molecule has 0 fully saturated rings. The molecule has 0 aliphatic carbocycles. The van der Waals surface area contributed by atoms with E-state index in [0.29, 0.717) is 11.4 Å². The topological polar surface area (TPSA) is 140 Å². The number of nitrogens with two attached hydrogens (primary N) is 1. The fraction of sp³-hybridized carbons (Fsp3) is 0.143. The summed E-state index contributed by atoms with van der Waals surface area (Å²) in [4.78, 5) is 15.8. The van der Waals surface area contributed by atoms with E-state index in [2.05, 4.69) is 35.8 Å². The van der Waals surface area contributed by atoms with E-state index < -0.39 is 5.91 Å². The van der Waals surface area contributed by atoms with Crippen molar-refractivity contribution in [2.45, 2.75) is 10.6 Å². The Morgan fingerprint density at radius 3 is 2.61 bits per heavy atom. The second-order valence-electron chi connectivity index (χ2n) is 7.06. The van der Waals surface area contributed by atoms with E-state index in [1.54, 1.807) is 6.21 Å². The third kappa shape index (κ3) is 5.18. The van der Waals surface area contributed by atoms with Gasteiger partial charge in [-0.1, -0.05) is 35.5 Å². The lowest BCUT2D eigenvalue weighted by atomic mass is 10.2. The molecule has 0 bridgehead atoms. The fourth-order valence-electron chi connectivity index (χ4n) is 2.86. The minimum absolute atomic E-state index is 0.0389. The van der Waals surface area contributed by atoms with E-state index in [1.807, 2.05) is 73.6 Å². The van der Waals surface area contributed by atoms with Crippen LogP contribution in [0.3, 0.4) is 0 Å². The summed E-state index contributed by atoms with van der Waals surface area (Å²) in [5, 5.41) is 19.5. The molecule has 11 nitrogen and oxygen atoms in total.